The first-order valence-electron chi connectivity index (χ1n) is 4.84. The summed E-state index contributed by atoms with van der Waals surface area (Å²) in [6, 6.07) is 3.90. The number of benzene rings is 1. The van der Waals surface area contributed by atoms with Gasteiger partial charge in [0.25, 0.3) is 0 Å². The maximum atomic E-state index is 12.9. The Bertz CT molecular complexity index is 392. The Morgan fingerprint density at radius 2 is 2.13 bits per heavy atom. The molecule has 1 heterocycles. The molecule has 1 aliphatic heterocycles. The van der Waals surface area contributed by atoms with Gasteiger partial charge in [0.2, 0.25) is 0 Å². The van der Waals surface area contributed by atoms with Crippen LogP contribution < -0.4 is 5.32 Å². The maximum Gasteiger partial charge on any atom is 0.159 e. The zero-order chi connectivity index (χ0) is 10.8. The van der Waals surface area contributed by atoms with E-state index in [1.807, 2.05) is 0 Å². The highest BCUT2D eigenvalue weighted by atomic mass is 19.2. The second-order valence-corrected chi connectivity index (χ2v) is 3.77. The van der Waals surface area contributed by atoms with Crippen molar-refractivity contribution in [3.05, 3.63) is 35.4 Å². The van der Waals surface area contributed by atoms with Gasteiger partial charge in [0.15, 0.2) is 11.6 Å². The summed E-state index contributed by atoms with van der Waals surface area (Å²) in [7, 11) is 0. The van der Waals surface area contributed by atoms with Crippen LogP contribution in [0.1, 0.15) is 12.0 Å². The molecule has 0 radical (unpaired) electrons. The van der Waals surface area contributed by atoms with Crippen LogP contribution in [-0.2, 0) is 11.2 Å². The molecule has 4 heteroatoms. The SMILES string of the molecule is O=C1CNC(Cc2ccc(F)c(F)c2)C1. The molecule has 1 aromatic carbocycles. The molecule has 1 unspecified atom stereocenters. The predicted octanol–water partition coefficient (Wildman–Crippen LogP) is 1.44. The smallest absolute Gasteiger partial charge is 0.159 e. The Kier molecular flexibility index (Phi) is 2.77. The van der Waals surface area contributed by atoms with Crippen LogP contribution in [0.5, 0.6) is 0 Å². The van der Waals surface area contributed by atoms with E-state index >= 15 is 0 Å². The predicted molar refractivity (Wildman–Crippen MR) is 51.5 cm³/mol. The molecule has 15 heavy (non-hydrogen) atoms. The van der Waals surface area contributed by atoms with Crippen LogP contribution in [0.15, 0.2) is 18.2 Å². The Morgan fingerprint density at radius 3 is 2.73 bits per heavy atom. The van der Waals surface area contributed by atoms with E-state index in [2.05, 4.69) is 5.32 Å². The van der Waals surface area contributed by atoms with Crippen molar-refractivity contribution in [3.63, 3.8) is 0 Å². The summed E-state index contributed by atoms with van der Waals surface area (Å²) in [5.41, 5.74) is 0.709. The lowest BCUT2D eigenvalue weighted by atomic mass is 10.0. The summed E-state index contributed by atoms with van der Waals surface area (Å²) in [6.45, 7) is 0.383. The van der Waals surface area contributed by atoms with Crippen molar-refractivity contribution in [2.24, 2.45) is 0 Å². The first-order chi connectivity index (χ1) is 7.15. The average molecular weight is 211 g/mol. The lowest BCUT2D eigenvalue weighted by Crippen LogP contribution is -2.23. The molecule has 0 saturated carbocycles. The number of carbonyl (C=O) groups excluding carboxylic acids is 1. The third-order valence-corrected chi connectivity index (χ3v) is 2.53. The van der Waals surface area contributed by atoms with E-state index in [0.717, 1.165) is 6.07 Å². The van der Waals surface area contributed by atoms with Gasteiger partial charge in [-0.2, -0.15) is 0 Å². The molecule has 1 aliphatic rings. The molecule has 2 rings (SSSR count). The first-order valence-corrected chi connectivity index (χ1v) is 4.84. The van der Waals surface area contributed by atoms with Crippen molar-refractivity contribution in [3.8, 4) is 0 Å². The van der Waals surface area contributed by atoms with Crippen LogP contribution in [0.25, 0.3) is 0 Å². The minimum atomic E-state index is -0.839. The van der Waals surface area contributed by atoms with Crippen LogP contribution in [0.2, 0.25) is 0 Å². The van der Waals surface area contributed by atoms with E-state index in [4.69, 9.17) is 0 Å². The van der Waals surface area contributed by atoms with Crippen LogP contribution in [0.3, 0.4) is 0 Å². The van der Waals surface area contributed by atoms with E-state index in [1.54, 1.807) is 6.07 Å². The molecule has 80 valence electrons. The number of halogens is 2. The third kappa shape index (κ3) is 2.39. The fourth-order valence-electron chi connectivity index (χ4n) is 1.77. The molecule has 0 aliphatic carbocycles. The second-order valence-electron chi connectivity index (χ2n) is 3.77. The normalized spacial score (nSPS) is 20.9. The van der Waals surface area contributed by atoms with Gasteiger partial charge >= 0.3 is 0 Å². The van der Waals surface area contributed by atoms with Gasteiger partial charge in [-0.05, 0) is 24.1 Å². The van der Waals surface area contributed by atoms with Crippen molar-refractivity contribution in [1.82, 2.24) is 5.32 Å². The van der Waals surface area contributed by atoms with Gasteiger partial charge in [0.1, 0.15) is 5.78 Å². The van der Waals surface area contributed by atoms with Gasteiger partial charge in [-0.1, -0.05) is 6.07 Å². The highest BCUT2D eigenvalue weighted by Gasteiger charge is 2.21. The molecule has 0 bridgehead atoms. The van der Waals surface area contributed by atoms with Crippen molar-refractivity contribution < 1.29 is 13.6 Å². The highest BCUT2D eigenvalue weighted by Crippen LogP contribution is 2.13. The van der Waals surface area contributed by atoms with Crippen LogP contribution in [0.4, 0.5) is 8.78 Å². The standard InChI is InChI=1S/C11H11F2NO/c12-10-2-1-7(4-11(10)13)3-8-5-9(15)6-14-8/h1-2,4,8,14H,3,5-6H2. The summed E-state index contributed by atoms with van der Waals surface area (Å²) >= 11 is 0. The van der Waals surface area contributed by atoms with E-state index < -0.39 is 11.6 Å². The number of rotatable bonds is 2. The minimum absolute atomic E-state index is 0.0577. The van der Waals surface area contributed by atoms with Crippen LogP contribution in [-0.4, -0.2) is 18.4 Å². The van der Waals surface area contributed by atoms with Crippen molar-refractivity contribution in [2.45, 2.75) is 18.9 Å². The Labute approximate surface area is 86.3 Å². The number of Topliss-reactive ketones (excluding diaryl/α,β-unsaturated/α-hetero) is 1. The fraction of sp³-hybridized carbons (Fsp3) is 0.364. The molecule has 1 fully saturated rings. The zero-order valence-electron chi connectivity index (χ0n) is 8.09. The average Bonchev–Trinajstić information content (AvgIpc) is 2.58. The molecule has 1 saturated heterocycles. The summed E-state index contributed by atoms with van der Waals surface area (Å²) in [5.74, 6) is -1.51. The van der Waals surface area contributed by atoms with Crippen molar-refractivity contribution in [2.75, 3.05) is 6.54 Å². The summed E-state index contributed by atoms with van der Waals surface area (Å²) in [4.78, 5) is 11.0. The van der Waals surface area contributed by atoms with Gasteiger partial charge in [-0.3, -0.25) is 4.79 Å². The largest absolute Gasteiger partial charge is 0.306 e. The molecule has 1 atom stereocenters. The lowest BCUT2D eigenvalue weighted by molar-refractivity contribution is -0.116. The van der Waals surface area contributed by atoms with Gasteiger partial charge in [-0.25, -0.2) is 8.78 Å². The van der Waals surface area contributed by atoms with Crippen LogP contribution >= 0.6 is 0 Å². The number of carbonyl (C=O) groups is 1. The Balaban J connectivity index is 2.05. The summed E-state index contributed by atoms with van der Waals surface area (Å²) < 4.78 is 25.5. The molecule has 1 N–H and O–H groups in total. The molecule has 2 nitrogen and oxygen atoms in total. The number of nitrogens with one attached hydrogen (secondary N) is 1. The zero-order valence-corrected chi connectivity index (χ0v) is 8.09. The monoisotopic (exact) mass is 211 g/mol. The van der Waals surface area contributed by atoms with E-state index in [1.165, 1.54) is 6.07 Å². The van der Waals surface area contributed by atoms with E-state index in [9.17, 15) is 13.6 Å². The summed E-state index contributed by atoms with van der Waals surface area (Å²) in [5, 5.41) is 3.02. The molecular formula is C11H11F2NO. The molecular weight excluding hydrogens is 200 g/mol. The van der Waals surface area contributed by atoms with Gasteiger partial charge in [0, 0.05) is 12.5 Å². The Morgan fingerprint density at radius 1 is 1.33 bits per heavy atom. The van der Waals surface area contributed by atoms with Crippen molar-refractivity contribution >= 4 is 5.78 Å². The first kappa shape index (κ1) is 10.2. The van der Waals surface area contributed by atoms with Gasteiger partial charge < -0.3 is 5.32 Å². The van der Waals surface area contributed by atoms with Crippen molar-refractivity contribution in [1.29, 1.82) is 0 Å². The molecule has 0 aromatic heterocycles. The maximum absolute atomic E-state index is 12.9. The number of hydrogen-bond donors (Lipinski definition) is 1. The van der Waals surface area contributed by atoms with E-state index in [-0.39, 0.29) is 11.8 Å². The van der Waals surface area contributed by atoms with Gasteiger partial charge in [-0.15, -0.1) is 0 Å². The molecule has 1 aromatic rings. The van der Waals surface area contributed by atoms with Crippen LogP contribution in [0, 0.1) is 11.6 Å². The number of ketones is 1. The fourth-order valence-corrected chi connectivity index (χ4v) is 1.77. The molecule has 0 amide bonds. The second kappa shape index (κ2) is 4.06. The summed E-state index contributed by atoms with van der Waals surface area (Å²) in [6.07, 6.45) is 1.03. The van der Waals surface area contributed by atoms with Gasteiger partial charge in [0.05, 0.1) is 6.54 Å². The minimum Gasteiger partial charge on any atom is -0.306 e. The van der Waals surface area contributed by atoms with E-state index in [0.29, 0.717) is 24.9 Å². The Hall–Kier alpha value is -1.29. The number of hydrogen-bond acceptors (Lipinski definition) is 2. The quantitative estimate of drug-likeness (QED) is 0.802. The molecule has 0 spiro atoms. The third-order valence-electron chi connectivity index (χ3n) is 2.53. The topological polar surface area (TPSA) is 29.1 Å². The lowest BCUT2D eigenvalue weighted by Gasteiger charge is -2.08. The highest BCUT2D eigenvalue weighted by molar-refractivity contribution is 5.83.